The molecule has 1 aliphatic heterocycles. The second-order valence-electron chi connectivity index (χ2n) is 4.38. The Morgan fingerprint density at radius 3 is 3.00 bits per heavy atom. The molecule has 2 rings (SSSR count). The van der Waals surface area contributed by atoms with Gasteiger partial charge in [0.2, 0.25) is 5.91 Å². The molecule has 0 spiro atoms. The summed E-state index contributed by atoms with van der Waals surface area (Å²) in [5, 5.41) is 2.95. The number of thioether (sulfide) groups is 1. The molecular weight excluding hydrogens is 300 g/mol. The number of nitrogens with two attached hydrogens (primary N) is 1. The van der Waals surface area contributed by atoms with Crippen LogP contribution in [0, 0.1) is 0 Å². The molecule has 5 heteroatoms. The van der Waals surface area contributed by atoms with E-state index in [2.05, 4.69) is 21.2 Å². The lowest BCUT2D eigenvalue weighted by Crippen LogP contribution is -2.34. The fraction of sp³-hybridized carbons (Fsp3) is 0.417. The van der Waals surface area contributed by atoms with E-state index >= 15 is 0 Å². The van der Waals surface area contributed by atoms with Crippen molar-refractivity contribution in [3.63, 3.8) is 0 Å². The number of hydrogen-bond donors (Lipinski definition) is 2. The van der Waals surface area contributed by atoms with E-state index < -0.39 is 0 Å². The van der Waals surface area contributed by atoms with Crippen molar-refractivity contribution in [2.75, 3.05) is 16.8 Å². The molecule has 1 saturated heterocycles. The average molecular weight is 315 g/mol. The van der Waals surface area contributed by atoms with Gasteiger partial charge in [-0.2, -0.15) is 0 Å². The Kier molecular flexibility index (Phi) is 3.68. The number of rotatable bonds is 2. The van der Waals surface area contributed by atoms with Gasteiger partial charge in [-0.15, -0.1) is 11.8 Å². The molecule has 0 aliphatic carbocycles. The standard InChI is InChI=1S/C12H15BrN2OS/c1-12(5-2-6-17-12)11(16)15-10-7-8(14)3-4-9(10)13/h3-4,7H,2,5-6,14H2,1H3,(H,15,16). The van der Waals surface area contributed by atoms with Crippen molar-refractivity contribution < 1.29 is 4.79 Å². The summed E-state index contributed by atoms with van der Waals surface area (Å²) in [6.45, 7) is 2.00. The first-order valence-corrected chi connectivity index (χ1v) is 7.29. The van der Waals surface area contributed by atoms with Crippen LogP contribution in [-0.2, 0) is 4.79 Å². The SMILES string of the molecule is CC1(C(=O)Nc2cc(N)ccc2Br)CCCS1. The smallest absolute Gasteiger partial charge is 0.240 e. The summed E-state index contributed by atoms with van der Waals surface area (Å²) >= 11 is 5.13. The van der Waals surface area contributed by atoms with Crippen molar-refractivity contribution in [1.82, 2.24) is 0 Å². The minimum absolute atomic E-state index is 0.0614. The van der Waals surface area contributed by atoms with Crippen LogP contribution in [0.25, 0.3) is 0 Å². The zero-order valence-corrected chi connectivity index (χ0v) is 12.0. The van der Waals surface area contributed by atoms with E-state index in [1.165, 1.54) is 0 Å². The molecule has 3 nitrogen and oxygen atoms in total. The zero-order valence-electron chi connectivity index (χ0n) is 9.63. The van der Waals surface area contributed by atoms with Gasteiger partial charge < -0.3 is 11.1 Å². The largest absolute Gasteiger partial charge is 0.399 e. The monoisotopic (exact) mass is 314 g/mol. The molecule has 1 atom stereocenters. The molecule has 1 amide bonds. The second-order valence-corrected chi connectivity index (χ2v) is 6.83. The molecule has 1 fully saturated rings. The number of hydrogen-bond acceptors (Lipinski definition) is 3. The third-order valence-electron chi connectivity index (χ3n) is 2.94. The molecule has 0 radical (unpaired) electrons. The summed E-state index contributed by atoms with van der Waals surface area (Å²) in [4.78, 5) is 12.2. The first-order chi connectivity index (χ1) is 8.01. The third kappa shape index (κ3) is 2.77. The molecule has 1 heterocycles. The maximum Gasteiger partial charge on any atom is 0.240 e. The van der Waals surface area contributed by atoms with Gasteiger partial charge in [0.25, 0.3) is 0 Å². The van der Waals surface area contributed by atoms with Gasteiger partial charge in [0, 0.05) is 10.2 Å². The Bertz CT molecular complexity index is 444. The zero-order chi connectivity index (χ0) is 12.5. The number of halogens is 1. The Morgan fingerprint density at radius 2 is 2.35 bits per heavy atom. The molecule has 92 valence electrons. The Hall–Kier alpha value is -0.680. The topological polar surface area (TPSA) is 55.1 Å². The minimum atomic E-state index is -0.302. The van der Waals surface area contributed by atoms with Gasteiger partial charge >= 0.3 is 0 Å². The van der Waals surface area contributed by atoms with E-state index in [0.29, 0.717) is 5.69 Å². The molecule has 17 heavy (non-hydrogen) atoms. The van der Waals surface area contributed by atoms with Crippen LogP contribution in [0.3, 0.4) is 0 Å². The number of carbonyl (C=O) groups excluding carboxylic acids is 1. The van der Waals surface area contributed by atoms with Gasteiger partial charge in [0.1, 0.15) is 0 Å². The lowest BCUT2D eigenvalue weighted by molar-refractivity contribution is -0.118. The molecule has 0 aromatic heterocycles. The summed E-state index contributed by atoms with van der Waals surface area (Å²) in [6, 6.07) is 5.41. The highest BCUT2D eigenvalue weighted by atomic mass is 79.9. The van der Waals surface area contributed by atoms with Crippen LogP contribution in [-0.4, -0.2) is 16.4 Å². The van der Waals surface area contributed by atoms with Gasteiger partial charge in [-0.25, -0.2) is 0 Å². The molecular formula is C12H15BrN2OS. The molecule has 0 saturated carbocycles. The van der Waals surface area contributed by atoms with Crippen LogP contribution in [0.4, 0.5) is 11.4 Å². The Labute approximate surface area is 114 Å². The quantitative estimate of drug-likeness (QED) is 0.824. The van der Waals surface area contributed by atoms with Crippen molar-refractivity contribution in [1.29, 1.82) is 0 Å². The number of anilines is 2. The number of amides is 1. The predicted octanol–water partition coefficient (Wildman–Crippen LogP) is 3.26. The maximum absolute atomic E-state index is 12.2. The summed E-state index contributed by atoms with van der Waals surface area (Å²) in [6.07, 6.45) is 2.04. The van der Waals surface area contributed by atoms with E-state index in [4.69, 9.17) is 5.73 Å². The fourth-order valence-corrected chi connectivity index (χ4v) is 3.41. The highest BCUT2D eigenvalue weighted by molar-refractivity contribution is 9.10. The maximum atomic E-state index is 12.2. The molecule has 3 N–H and O–H groups in total. The number of nitrogens with one attached hydrogen (secondary N) is 1. The summed E-state index contributed by atoms with van der Waals surface area (Å²) < 4.78 is 0.552. The summed E-state index contributed by atoms with van der Waals surface area (Å²) in [7, 11) is 0. The Balaban J connectivity index is 2.15. The normalized spacial score (nSPS) is 23.6. The number of nitrogen functional groups attached to an aromatic ring is 1. The predicted molar refractivity (Wildman–Crippen MR) is 77.3 cm³/mol. The molecule has 1 aromatic rings. The van der Waals surface area contributed by atoms with E-state index in [0.717, 1.165) is 28.8 Å². The van der Waals surface area contributed by atoms with E-state index in [9.17, 15) is 4.79 Å². The van der Waals surface area contributed by atoms with Gasteiger partial charge in [-0.05, 0) is 59.6 Å². The average Bonchev–Trinajstić information content (AvgIpc) is 2.72. The molecule has 1 aliphatic rings. The van der Waals surface area contributed by atoms with E-state index in [-0.39, 0.29) is 10.7 Å². The van der Waals surface area contributed by atoms with Crippen molar-refractivity contribution in [3.8, 4) is 0 Å². The van der Waals surface area contributed by atoms with E-state index in [1.807, 2.05) is 13.0 Å². The van der Waals surface area contributed by atoms with Crippen molar-refractivity contribution in [3.05, 3.63) is 22.7 Å². The van der Waals surface area contributed by atoms with Gasteiger partial charge in [0.15, 0.2) is 0 Å². The van der Waals surface area contributed by atoms with Crippen LogP contribution < -0.4 is 11.1 Å². The van der Waals surface area contributed by atoms with Gasteiger partial charge in [-0.3, -0.25) is 4.79 Å². The highest BCUT2D eigenvalue weighted by Gasteiger charge is 2.37. The van der Waals surface area contributed by atoms with Crippen LogP contribution in [0.5, 0.6) is 0 Å². The van der Waals surface area contributed by atoms with Crippen LogP contribution in [0.2, 0.25) is 0 Å². The number of carbonyl (C=O) groups is 1. The number of benzene rings is 1. The lowest BCUT2D eigenvalue weighted by Gasteiger charge is -2.22. The van der Waals surface area contributed by atoms with E-state index in [1.54, 1.807) is 23.9 Å². The van der Waals surface area contributed by atoms with Gasteiger partial charge in [-0.1, -0.05) is 0 Å². The summed E-state index contributed by atoms with van der Waals surface area (Å²) in [5.41, 5.74) is 7.10. The van der Waals surface area contributed by atoms with Crippen molar-refractivity contribution >= 4 is 45.0 Å². The molecule has 0 bridgehead atoms. The fourth-order valence-electron chi connectivity index (χ4n) is 1.85. The highest BCUT2D eigenvalue weighted by Crippen LogP contribution is 2.39. The first kappa shape index (κ1) is 12.8. The van der Waals surface area contributed by atoms with Crippen LogP contribution in [0.1, 0.15) is 19.8 Å². The second kappa shape index (κ2) is 4.90. The lowest BCUT2D eigenvalue weighted by atomic mass is 10.0. The van der Waals surface area contributed by atoms with Crippen LogP contribution in [0.15, 0.2) is 22.7 Å². The molecule has 1 unspecified atom stereocenters. The van der Waals surface area contributed by atoms with Crippen LogP contribution >= 0.6 is 27.7 Å². The summed E-state index contributed by atoms with van der Waals surface area (Å²) in [5.74, 6) is 1.12. The minimum Gasteiger partial charge on any atom is -0.399 e. The molecule has 1 aromatic carbocycles. The third-order valence-corrected chi connectivity index (χ3v) is 5.15. The van der Waals surface area contributed by atoms with Gasteiger partial charge in [0.05, 0.1) is 10.4 Å². The van der Waals surface area contributed by atoms with Crippen molar-refractivity contribution in [2.24, 2.45) is 0 Å². The first-order valence-electron chi connectivity index (χ1n) is 5.52. The van der Waals surface area contributed by atoms with Crippen molar-refractivity contribution in [2.45, 2.75) is 24.5 Å². The Morgan fingerprint density at radius 1 is 1.59 bits per heavy atom.